The molecule has 88 valence electrons. The zero-order chi connectivity index (χ0) is 11.4. The van der Waals surface area contributed by atoms with Crippen LogP contribution in [0.15, 0.2) is 12.5 Å². The highest BCUT2D eigenvalue weighted by Gasteiger charge is 2.24. The van der Waals surface area contributed by atoms with E-state index in [4.69, 9.17) is 0 Å². The summed E-state index contributed by atoms with van der Waals surface area (Å²) in [4.78, 5) is 14.8. The van der Waals surface area contributed by atoms with Gasteiger partial charge in [0.2, 0.25) is 5.91 Å². The number of nitrogens with zero attached hydrogens (tertiary/aromatic N) is 2. The van der Waals surface area contributed by atoms with E-state index in [0.717, 1.165) is 13.1 Å². The van der Waals surface area contributed by atoms with Crippen molar-refractivity contribution in [2.24, 2.45) is 0 Å². The minimum absolute atomic E-state index is 0.0184. The smallest absolute Gasteiger partial charge is 0.216 e. The number of rotatable bonds is 6. The molecule has 5 nitrogen and oxygen atoms in total. The molecule has 1 aromatic heterocycles. The van der Waals surface area contributed by atoms with E-state index in [1.807, 2.05) is 12.5 Å². The molecule has 2 N–H and O–H groups in total. The minimum Gasteiger partial charge on any atom is -0.355 e. The summed E-state index contributed by atoms with van der Waals surface area (Å²) < 4.78 is 2.24. The Bertz CT molecular complexity index is 357. The monoisotopic (exact) mass is 222 g/mol. The molecule has 2 rings (SSSR count). The van der Waals surface area contributed by atoms with Crippen LogP contribution in [0.1, 0.15) is 31.5 Å². The third kappa shape index (κ3) is 3.06. The van der Waals surface area contributed by atoms with E-state index in [1.165, 1.54) is 25.5 Å². The third-order valence-electron chi connectivity index (χ3n) is 2.67. The molecule has 0 atom stereocenters. The lowest BCUT2D eigenvalue weighted by molar-refractivity contribution is -0.118. The van der Waals surface area contributed by atoms with Crippen LogP contribution in [-0.4, -0.2) is 28.5 Å². The largest absolute Gasteiger partial charge is 0.355 e. The molecule has 16 heavy (non-hydrogen) atoms. The molecule has 0 aromatic carbocycles. The van der Waals surface area contributed by atoms with Crippen LogP contribution in [0.4, 0.5) is 0 Å². The number of aromatic nitrogens is 2. The van der Waals surface area contributed by atoms with Crippen LogP contribution in [-0.2, 0) is 11.3 Å². The molecular weight excluding hydrogens is 204 g/mol. The molecule has 0 aliphatic heterocycles. The van der Waals surface area contributed by atoms with Gasteiger partial charge in [0.25, 0.3) is 0 Å². The van der Waals surface area contributed by atoms with Crippen molar-refractivity contribution in [1.29, 1.82) is 0 Å². The summed E-state index contributed by atoms with van der Waals surface area (Å²) in [5, 5.41) is 6.04. The summed E-state index contributed by atoms with van der Waals surface area (Å²) >= 11 is 0. The molecule has 0 bridgehead atoms. The van der Waals surface area contributed by atoms with Crippen molar-refractivity contribution in [3.8, 4) is 0 Å². The second-order valence-electron chi connectivity index (χ2n) is 4.18. The van der Waals surface area contributed by atoms with Gasteiger partial charge in [-0.2, -0.15) is 0 Å². The predicted octanol–water partition coefficient (Wildman–Crippen LogP) is 0.444. The molecule has 0 spiro atoms. The summed E-state index contributed by atoms with van der Waals surface area (Å²) in [7, 11) is 0. The maximum atomic E-state index is 10.6. The number of carbonyl (C=O) groups is 1. The maximum Gasteiger partial charge on any atom is 0.216 e. The number of hydrogen-bond acceptors (Lipinski definition) is 3. The van der Waals surface area contributed by atoms with Gasteiger partial charge in [0.1, 0.15) is 0 Å². The van der Waals surface area contributed by atoms with Crippen molar-refractivity contribution < 1.29 is 4.79 Å². The summed E-state index contributed by atoms with van der Waals surface area (Å²) in [5.74, 6) is 0.0184. The highest BCUT2D eigenvalue weighted by Crippen LogP contribution is 2.35. The average Bonchev–Trinajstić information content (AvgIpc) is 2.98. The molecule has 1 aliphatic carbocycles. The summed E-state index contributed by atoms with van der Waals surface area (Å²) in [5.41, 5.74) is 1.23. The average molecular weight is 222 g/mol. The third-order valence-corrected chi connectivity index (χ3v) is 2.67. The van der Waals surface area contributed by atoms with E-state index in [0.29, 0.717) is 12.6 Å². The number of amides is 1. The molecule has 1 amide bonds. The van der Waals surface area contributed by atoms with Gasteiger partial charge in [-0.3, -0.25) is 4.79 Å². The molecule has 1 fully saturated rings. The van der Waals surface area contributed by atoms with Crippen LogP contribution in [0.25, 0.3) is 0 Å². The molecule has 1 aromatic rings. The predicted molar refractivity (Wildman–Crippen MR) is 60.9 cm³/mol. The highest BCUT2D eigenvalue weighted by molar-refractivity contribution is 5.72. The van der Waals surface area contributed by atoms with Gasteiger partial charge in [-0.1, -0.05) is 0 Å². The van der Waals surface area contributed by atoms with Crippen molar-refractivity contribution in [3.63, 3.8) is 0 Å². The van der Waals surface area contributed by atoms with Crippen LogP contribution in [0, 0.1) is 0 Å². The zero-order valence-electron chi connectivity index (χ0n) is 9.57. The Kier molecular flexibility index (Phi) is 3.56. The molecule has 0 unspecified atom stereocenters. The quantitative estimate of drug-likeness (QED) is 0.687. The molecule has 5 heteroatoms. The second kappa shape index (κ2) is 5.12. The summed E-state index contributed by atoms with van der Waals surface area (Å²) in [6, 6.07) is 0.676. The molecule has 1 saturated carbocycles. The minimum atomic E-state index is 0.0184. The number of nitrogens with one attached hydrogen (secondary N) is 2. The van der Waals surface area contributed by atoms with E-state index in [-0.39, 0.29) is 5.91 Å². The lowest BCUT2D eigenvalue weighted by Crippen LogP contribution is -2.30. The summed E-state index contributed by atoms with van der Waals surface area (Å²) in [6.45, 7) is 3.81. The van der Waals surface area contributed by atoms with E-state index in [9.17, 15) is 4.79 Å². The first-order valence-corrected chi connectivity index (χ1v) is 5.73. The Hall–Kier alpha value is -1.36. The van der Waals surface area contributed by atoms with Crippen LogP contribution < -0.4 is 10.6 Å². The van der Waals surface area contributed by atoms with Gasteiger partial charge in [-0.25, -0.2) is 4.98 Å². The highest BCUT2D eigenvalue weighted by atomic mass is 16.1. The Morgan fingerprint density at radius 2 is 2.38 bits per heavy atom. The van der Waals surface area contributed by atoms with Crippen molar-refractivity contribution in [3.05, 3.63) is 18.2 Å². The first-order valence-electron chi connectivity index (χ1n) is 5.73. The number of carbonyl (C=O) groups excluding carboxylic acids is 1. The summed E-state index contributed by atoms with van der Waals surface area (Å²) in [6.07, 6.45) is 6.36. The van der Waals surface area contributed by atoms with Gasteiger partial charge >= 0.3 is 0 Å². The fourth-order valence-electron chi connectivity index (χ4n) is 1.69. The van der Waals surface area contributed by atoms with E-state index in [1.54, 1.807) is 0 Å². The lowest BCUT2D eigenvalue weighted by Gasteiger charge is -2.08. The SMILES string of the molecule is CC(=O)NCCNCc1cncn1C1CC1. The van der Waals surface area contributed by atoms with Crippen molar-refractivity contribution in [2.75, 3.05) is 13.1 Å². The normalized spacial score (nSPS) is 15.1. The topological polar surface area (TPSA) is 59.0 Å². The van der Waals surface area contributed by atoms with E-state index < -0.39 is 0 Å². The van der Waals surface area contributed by atoms with Crippen molar-refractivity contribution in [2.45, 2.75) is 32.4 Å². The van der Waals surface area contributed by atoms with Gasteiger partial charge in [0.15, 0.2) is 0 Å². The fourth-order valence-corrected chi connectivity index (χ4v) is 1.69. The second-order valence-corrected chi connectivity index (χ2v) is 4.18. The molecule has 0 radical (unpaired) electrons. The Morgan fingerprint density at radius 1 is 1.56 bits per heavy atom. The fraction of sp³-hybridized carbons (Fsp3) is 0.636. The Morgan fingerprint density at radius 3 is 3.06 bits per heavy atom. The van der Waals surface area contributed by atoms with Crippen LogP contribution in [0.5, 0.6) is 0 Å². The maximum absolute atomic E-state index is 10.6. The van der Waals surface area contributed by atoms with E-state index >= 15 is 0 Å². The first-order chi connectivity index (χ1) is 7.77. The Labute approximate surface area is 95.2 Å². The van der Waals surface area contributed by atoms with Crippen molar-refractivity contribution >= 4 is 5.91 Å². The van der Waals surface area contributed by atoms with Gasteiger partial charge in [-0.05, 0) is 12.8 Å². The van der Waals surface area contributed by atoms with E-state index in [2.05, 4.69) is 20.2 Å². The Balaban J connectivity index is 1.68. The van der Waals surface area contributed by atoms with Crippen LogP contribution in [0.2, 0.25) is 0 Å². The standard InChI is InChI=1S/C11H18N4O/c1-9(16)14-5-4-12-6-11-7-13-8-15(11)10-2-3-10/h7-8,10,12H,2-6H2,1H3,(H,14,16). The molecule has 0 saturated heterocycles. The van der Waals surface area contributed by atoms with Gasteiger partial charge in [-0.15, -0.1) is 0 Å². The first kappa shape index (κ1) is 11.1. The van der Waals surface area contributed by atoms with Gasteiger partial charge in [0, 0.05) is 38.8 Å². The molecule has 1 heterocycles. The zero-order valence-corrected chi connectivity index (χ0v) is 9.57. The lowest BCUT2D eigenvalue weighted by atomic mass is 10.4. The molecule has 1 aliphatic rings. The number of hydrogen-bond donors (Lipinski definition) is 2. The number of imidazole rings is 1. The van der Waals surface area contributed by atoms with Crippen LogP contribution >= 0.6 is 0 Å². The van der Waals surface area contributed by atoms with Gasteiger partial charge < -0.3 is 15.2 Å². The molecular formula is C11H18N4O. The van der Waals surface area contributed by atoms with Gasteiger partial charge in [0.05, 0.1) is 12.0 Å². The van der Waals surface area contributed by atoms with Crippen molar-refractivity contribution in [1.82, 2.24) is 20.2 Å². The van der Waals surface area contributed by atoms with Crippen LogP contribution in [0.3, 0.4) is 0 Å².